The Hall–Kier alpha value is -2.37. The van der Waals surface area contributed by atoms with Crippen molar-refractivity contribution in [2.75, 3.05) is 13.1 Å². The van der Waals surface area contributed by atoms with Gasteiger partial charge in [-0.3, -0.25) is 9.59 Å². The Morgan fingerprint density at radius 2 is 2.32 bits per heavy atom. The number of carbonyl (C=O) groups is 2. The number of carbonyl (C=O) groups excluding carboxylic acids is 2. The molecule has 1 atom stereocenters. The van der Waals surface area contributed by atoms with E-state index in [1.807, 2.05) is 24.8 Å². The number of hydrogen-bond donors (Lipinski definition) is 2. The van der Waals surface area contributed by atoms with Gasteiger partial charge in [0.15, 0.2) is 0 Å². The first kappa shape index (κ1) is 14.6. The molecule has 0 spiro atoms. The summed E-state index contributed by atoms with van der Waals surface area (Å²) >= 11 is 0. The lowest BCUT2D eigenvalue weighted by Crippen LogP contribution is -2.34. The van der Waals surface area contributed by atoms with Crippen molar-refractivity contribution in [1.82, 2.24) is 20.2 Å². The highest BCUT2D eigenvalue weighted by atomic mass is 16.2. The maximum Gasteiger partial charge on any atom is 0.251 e. The van der Waals surface area contributed by atoms with Crippen molar-refractivity contribution in [3.8, 4) is 0 Å². The highest BCUT2D eigenvalue weighted by Gasteiger charge is 2.31. The first-order valence-electron chi connectivity index (χ1n) is 7.55. The molecular formula is C16H20N4O2. The molecule has 1 aromatic heterocycles. The molecule has 1 fully saturated rings. The summed E-state index contributed by atoms with van der Waals surface area (Å²) in [6, 6.07) is 5.59. The van der Waals surface area contributed by atoms with Gasteiger partial charge < -0.3 is 15.2 Å². The zero-order valence-corrected chi connectivity index (χ0v) is 12.8. The number of aromatic nitrogens is 2. The molecule has 1 aromatic carbocycles. The normalized spacial score (nSPS) is 18.4. The molecule has 1 aliphatic heterocycles. The number of imidazole rings is 1. The van der Waals surface area contributed by atoms with Gasteiger partial charge in [-0.15, -0.1) is 0 Å². The summed E-state index contributed by atoms with van der Waals surface area (Å²) in [5.74, 6) is 0.245. The topological polar surface area (TPSA) is 78.1 Å². The Bertz CT molecular complexity index is 707. The lowest BCUT2D eigenvalue weighted by atomic mass is 10.1. The Kier molecular flexibility index (Phi) is 3.83. The van der Waals surface area contributed by atoms with Crippen molar-refractivity contribution in [1.29, 1.82) is 0 Å². The zero-order valence-electron chi connectivity index (χ0n) is 12.8. The molecule has 0 bridgehead atoms. The van der Waals surface area contributed by atoms with Gasteiger partial charge in [0.1, 0.15) is 0 Å². The third-order valence-corrected chi connectivity index (χ3v) is 4.10. The first-order valence-corrected chi connectivity index (χ1v) is 7.55. The highest BCUT2D eigenvalue weighted by Crippen LogP contribution is 2.19. The number of H-pyrrole nitrogens is 1. The summed E-state index contributed by atoms with van der Waals surface area (Å²) in [5, 5.41) is 2.93. The van der Waals surface area contributed by atoms with Gasteiger partial charge in [0.25, 0.3) is 5.91 Å². The number of hydrogen-bond acceptors (Lipinski definition) is 3. The van der Waals surface area contributed by atoms with E-state index >= 15 is 0 Å². The number of nitrogens with zero attached hydrogens (tertiary/aromatic N) is 2. The highest BCUT2D eigenvalue weighted by molar-refractivity contribution is 5.97. The number of rotatable bonds is 4. The van der Waals surface area contributed by atoms with Crippen molar-refractivity contribution in [3.63, 3.8) is 0 Å². The predicted molar refractivity (Wildman–Crippen MR) is 83.4 cm³/mol. The molecule has 0 saturated carbocycles. The van der Waals surface area contributed by atoms with Crippen LogP contribution in [0, 0.1) is 5.92 Å². The average molecular weight is 300 g/mol. The molecule has 22 heavy (non-hydrogen) atoms. The number of aromatic amines is 1. The molecule has 6 heteroatoms. The summed E-state index contributed by atoms with van der Waals surface area (Å²) in [5.41, 5.74) is 2.28. The number of amides is 2. The monoisotopic (exact) mass is 300 g/mol. The molecule has 6 nitrogen and oxygen atoms in total. The van der Waals surface area contributed by atoms with Gasteiger partial charge in [-0.25, -0.2) is 4.98 Å². The van der Waals surface area contributed by atoms with Gasteiger partial charge in [0.2, 0.25) is 5.91 Å². The van der Waals surface area contributed by atoms with Gasteiger partial charge in [-0.05, 0) is 32.0 Å². The molecule has 2 N–H and O–H groups in total. The van der Waals surface area contributed by atoms with Gasteiger partial charge in [-0.1, -0.05) is 0 Å². The molecule has 1 aliphatic rings. The van der Waals surface area contributed by atoms with Crippen LogP contribution in [-0.2, 0) is 4.79 Å². The van der Waals surface area contributed by atoms with Crippen molar-refractivity contribution in [3.05, 3.63) is 30.1 Å². The molecule has 1 saturated heterocycles. The number of fused-ring (bicyclic) bond motifs is 1. The van der Waals surface area contributed by atoms with Crippen molar-refractivity contribution >= 4 is 22.8 Å². The molecule has 2 aromatic rings. The SMILES string of the molecule is CC(C)N1CC(CNC(=O)c2ccc3nc[nH]c3c2)CC1=O. The van der Waals surface area contributed by atoms with Gasteiger partial charge >= 0.3 is 0 Å². The summed E-state index contributed by atoms with van der Waals surface area (Å²) in [4.78, 5) is 33.1. The van der Waals surface area contributed by atoms with E-state index in [1.165, 1.54) is 0 Å². The number of benzene rings is 1. The van der Waals surface area contributed by atoms with Crippen molar-refractivity contribution in [2.24, 2.45) is 5.92 Å². The second-order valence-electron chi connectivity index (χ2n) is 6.05. The summed E-state index contributed by atoms with van der Waals surface area (Å²) < 4.78 is 0. The largest absolute Gasteiger partial charge is 0.352 e. The average Bonchev–Trinajstić information content (AvgIpc) is 3.09. The van der Waals surface area contributed by atoms with Gasteiger partial charge in [-0.2, -0.15) is 0 Å². The zero-order chi connectivity index (χ0) is 15.7. The first-order chi connectivity index (χ1) is 10.5. The maximum absolute atomic E-state index is 12.2. The van der Waals surface area contributed by atoms with E-state index in [1.54, 1.807) is 18.5 Å². The summed E-state index contributed by atoms with van der Waals surface area (Å²) in [6.07, 6.45) is 2.12. The van der Waals surface area contributed by atoms with E-state index in [4.69, 9.17) is 0 Å². The third-order valence-electron chi connectivity index (χ3n) is 4.10. The van der Waals surface area contributed by atoms with Crippen LogP contribution in [0.4, 0.5) is 0 Å². The smallest absolute Gasteiger partial charge is 0.251 e. The van der Waals surface area contributed by atoms with Crippen LogP contribution in [0.3, 0.4) is 0 Å². The second kappa shape index (κ2) is 5.79. The van der Waals surface area contributed by atoms with Crippen LogP contribution in [0.1, 0.15) is 30.6 Å². The van der Waals surface area contributed by atoms with Gasteiger partial charge in [0, 0.05) is 37.0 Å². The van der Waals surface area contributed by atoms with E-state index in [0.717, 1.165) is 17.6 Å². The molecule has 0 radical (unpaired) electrons. The van der Waals surface area contributed by atoms with Crippen LogP contribution in [0.15, 0.2) is 24.5 Å². The van der Waals surface area contributed by atoms with Crippen LogP contribution >= 0.6 is 0 Å². The Morgan fingerprint density at radius 3 is 3.05 bits per heavy atom. The van der Waals surface area contributed by atoms with Crippen LogP contribution in [0.2, 0.25) is 0 Å². The van der Waals surface area contributed by atoms with Crippen LogP contribution < -0.4 is 5.32 Å². The Labute approximate surface area is 128 Å². The van der Waals surface area contributed by atoms with E-state index < -0.39 is 0 Å². The molecule has 0 aliphatic carbocycles. The third kappa shape index (κ3) is 2.81. The Morgan fingerprint density at radius 1 is 1.50 bits per heavy atom. The molecular weight excluding hydrogens is 280 g/mol. The summed E-state index contributed by atoms with van der Waals surface area (Å²) in [7, 11) is 0. The maximum atomic E-state index is 12.2. The minimum Gasteiger partial charge on any atom is -0.352 e. The molecule has 2 amide bonds. The van der Waals surface area contributed by atoms with E-state index in [2.05, 4.69) is 15.3 Å². The fraction of sp³-hybridized carbons (Fsp3) is 0.438. The Balaban J connectivity index is 1.59. The van der Waals surface area contributed by atoms with E-state index in [-0.39, 0.29) is 23.8 Å². The lowest BCUT2D eigenvalue weighted by molar-refractivity contribution is -0.129. The molecule has 116 valence electrons. The van der Waals surface area contributed by atoms with E-state index in [9.17, 15) is 9.59 Å². The molecule has 3 rings (SSSR count). The standard InChI is InChI=1S/C16H20N4O2/c1-10(2)20-8-11(5-15(20)21)7-17-16(22)12-3-4-13-14(6-12)19-9-18-13/h3-4,6,9-11H,5,7-8H2,1-2H3,(H,17,22)(H,18,19). The van der Waals surface area contributed by atoms with Crippen molar-refractivity contribution in [2.45, 2.75) is 26.3 Å². The summed E-state index contributed by atoms with van der Waals surface area (Å²) in [6.45, 7) is 5.27. The minimum absolute atomic E-state index is 0.119. The number of nitrogens with one attached hydrogen (secondary N) is 2. The fourth-order valence-electron chi connectivity index (χ4n) is 2.86. The number of likely N-dealkylation sites (tertiary alicyclic amines) is 1. The minimum atomic E-state index is -0.119. The second-order valence-corrected chi connectivity index (χ2v) is 6.05. The van der Waals surface area contributed by atoms with Crippen molar-refractivity contribution < 1.29 is 9.59 Å². The quantitative estimate of drug-likeness (QED) is 0.899. The van der Waals surface area contributed by atoms with Gasteiger partial charge in [0.05, 0.1) is 17.4 Å². The fourth-order valence-corrected chi connectivity index (χ4v) is 2.86. The van der Waals surface area contributed by atoms with Crippen LogP contribution in [0.5, 0.6) is 0 Å². The van der Waals surface area contributed by atoms with Crippen LogP contribution in [-0.4, -0.2) is 45.8 Å². The molecule has 1 unspecified atom stereocenters. The molecule has 2 heterocycles. The van der Waals surface area contributed by atoms with E-state index in [0.29, 0.717) is 18.5 Å². The lowest BCUT2D eigenvalue weighted by Gasteiger charge is -2.21. The van der Waals surface area contributed by atoms with Crippen LogP contribution in [0.25, 0.3) is 11.0 Å². The predicted octanol–water partition coefficient (Wildman–Crippen LogP) is 1.55.